The van der Waals surface area contributed by atoms with Crippen molar-refractivity contribution in [2.24, 2.45) is 0 Å². The van der Waals surface area contributed by atoms with E-state index >= 15 is 0 Å². The summed E-state index contributed by atoms with van der Waals surface area (Å²) >= 11 is 5.90. The third kappa shape index (κ3) is 3.29. The molecular formula is C11H10ClNO4. The predicted octanol–water partition coefficient (Wildman–Crippen LogP) is 2.76. The summed E-state index contributed by atoms with van der Waals surface area (Å²) < 4.78 is 4.53. The number of allylic oxidation sites excluding steroid dienone is 1. The second-order valence-corrected chi connectivity index (χ2v) is 3.68. The maximum atomic E-state index is 11.2. The Kier molecular flexibility index (Phi) is 4.23. The smallest absolute Gasteiger partial charge is 0.337 e. The summed E-state index contributed by atoms with van der Waals surface area (Å²) in [6, 6.07) is 4.44. The molecule has 0 bridgehead atoms. The van der Waals surface area contributed by atoms with Crippen molar-refractivity contribution in [1.82, 2.24) is 0 Å². The molecule has 0 atom stereocenters. The molecule has 0 radical (unpaired) electrons. The normalized spacial score (nSPS) is 11.1. The maximum Gasteiger partial charge on any atom is 0.337 e. The number of carbonyl (C=O) groups is 1. The number of benzene rings is 1. The number of ether oxygens (including phenoxy) is 1. The van der Waals surface area contributed by atoms with E-state index in [9.17, 15) is 14.9 Å². The minimum absolute atomic E-state index is 0.0299. The van der Waals surface area contributed by atoms with Crippen LogP contribution in [0.5, 0.6) is 0 Å². The van der Waals surface area contributed by atoms with E-state index in [0.717, 1.165) is 0 Å². The molecule has 0 amide bonds. The van der Waals surface area contributed by atoms with Gasteiger partial charge in [-0.1, -0.05) is 17.7 Å². The SMILES string of the molecule is COC(=O)c1ccc(/C=C(\C)[N+](=O)[O-])c(Cl)c1. The van der Waals surface area contributed by atoms with E-state index in [4.69, 9.17) is 11.6 Å². The monoisotopic (exact) mass is 255 g/mol. The third-order valence-corrected chi connectivity index (χ3v) is 2.40. The number of rotatable bonds is 3. The molecule has 0 aliphatic carbocycles. The molecule has 17 heavy (non-hydrogen) atoms. The van der Waals surface area contributed by atoms with Gasteiger partial charge >= 0.3 is 5.97 Å². The molecule has 0 heterocycles. The first-order valence-electron chi connectivity index (χ1n) is 4.66. The lowest BCUT2D eigenvalue weighted by Crippen LogP contribution is -2.01. The van der Waals surface area contributed by atoms with Crippen LogP contribution in [0.25, 0.3) is 6.08 Å². The average molecular weight is 256 g/mol. The highest BCUT2D eigenvalue weighted by atomic mass is 35.5. The van der Waals surface area contributed by atoms with E-state index in [1.807, 2.05) is 0 Å². The zero-order valence-corrected chi connectivity index (χ0v) is 10.0. The molecule has 0 saturated carbocycles. The molecule has 0 aliphatic rings. The van der Waals surface area contributed by atoms with Gasteiger partial charge in [-0.2, -0.15) is 0 Å². The van der Waals surface area contributed by atoms with Crippen LogP contribution < -0.4 is 0 Å². The second-order valence-electron chi connectivity index (χ2n) is 3.27. The van der Waals surface area contributed by atoms with E-state index < -0.39 is 10.9 Å². The Morgan fingerprint density at radius 3 is 2.65 bits per heavy atom. The molecule has 0 unspecified atom stereocenters. The molecule has 1 aromatic carbocycles. The predicted molar refractivity (Wildman–Crippen MR) is 63.4 cm³/mol. The van der Waals surface area contributed by atoms with Crippen LogP contribution in [0.3, 0.4) is 0 Å². The van der Waals surface area contributed by atoms with Gasteiger partial charge < -0.3 is 4.74 Å². The van der Waals surface area contributed by atoms with Crippen molar-refractivity contribution >= 4 is 23.6 Å². The van der Waals surface area contributed by atoms with Gasteiger partial charge in [0.05, 0.1) is 17.6 Å². The number of halogens is 1. The van der Waals surface area contributed by atoms with Crippen LogP contribution in [0.4, 0.5) is 0 Å². The summed E-state index contributed by atoms with van der Waals surface area (Å²) in [7, 11) is 1.26. The van der Waals surface area contributed by atoms with Gasteiger partial charge in [0.1, 0.15) is 0 Å². The van der Waals surface area contributed by atoms with E-state index in [2.05, 4.69) is 4.74 Å². The number of hydrogen-bond donors (Lipinski definition) is 0. The van der Waals surface area contributed by atoms with Crippen LogP contribution in [0.1, 0.15) is 22.8 Å². The Morgan fingerprint density at radius 1 is 1.53 bits per heavy atom. The van der Waals surface area contributed by atoms with Crippen LogP contribution in [0.2, 0.25) is 5.02 Å². The maximum absolute atomic E-state index is 11.2. The lowest BCUT2D eigenvalue weighted by Gasteiger charge is -2.02. The molecule has 1 aromatic rings. The lowest BCUT2D eigenvalue weighted by molar-refractivity contribution is -0.422. The van der Waals surface area contributed by atoms with Crippen molar-refractivity contribution in [3.05, 3.63) is 50.2 Å². The molecule has 6 heteroatoms. The fourth-order valence-corrected chi connectivity index (χ4v) is 1.40. The third-order valence-electron chi connectivity index (χ3n) is 2.07. The highest BCUT2D eigenvalue weighted by molar-refractivity contribution is 6.32. The summed E-state index contributed by atoms with van der Waals surface area (Å²) in [4.78, 5) is 21.1. The quantitative estimate of drug-likeness (QED) is 0.473. The summed E-state index contributed by atoms with van der Waals surface area (Å²) in [6.07, 6.45) is 1.34. The van der Waals surface area contributed by atoms with E-state index in [1.54, 1.807) is 0 Å². The lowest BCUT2D eigenvalue weighted by atomic mass is 10.1. The largest absolute Gasteiger partial charge is 0.465 e. The Hall–Kier alpha value is -1.88. The number of nitro groups is 1. The van der Waals surface area contributed by atoms with Gasteiger partial charge in [-0.3, -0.25) is 10.1 Å². The van der Waals surface area contributed by atoms with Crippen LogP contribution >= 0.6 is 11.6 Å². The molecule has 5 nitrogen and oxygen atoms in total. The first-order chi connectivity index (χ1) is 7.95. The van der Waals surface area contributed by atoms with Crippen LogP contribution in [-0.2, 0) is 4.74 Å². The minimum Gasteiger partial charge on any atom is -0.465 e. The zero-order chi connectivity index (χ0) is 13.0. The van der Waals surface area contributed by atoms with Gasteiger partial charge in [0.15, 0.2) is 0 Å². The molecular weight excluding hydrogens is 246 g/mol. The fourth-order valence-electron chi connectivity index (χ4n) is 1.17. The Labute approximate surface area is 103 Å². The average Bonchev–Trinajstić information content (AvgIpc) is 2.30. The summed E-state index contributed by atoms with van der Waals surface area (Å²) in [6.45, 7) is 1.37. The van der Waals surface area contributed by atoms with Gasteiger partial charge in [0, 0.05) is 18.0 Å². The summed E-state index contributed by atoms with van der Waals surface area (Å²) in [5, 5.41) is 10.7. The van der Waals surface area contributed by atoms with Crippen molar-refractivity contribution in [1.29, 1.82) is 0 Å². The van der Waals surface area contributed by atoms with Crippen molar-refractivity contribution in [3.8, 4) is 0 Å². The molecule has 1 rings (SSSR count). The van der Waals surface area contributed by atoms with Gasteiger partial charge in [-0.25, -0.2) is 4.79 Å². The first-order valence-corrected chi connectivity index (χ1v) is 5.04. The van der Waals surface area contributed by atoms with Gasteiger partial charge in [-0.05, 0) is 17.7 Å². The molecule has 0 aliphatic heterocycles. The van der Waals surface area contributed by atoms with Crippen molar-refractivity contribution in [2.75, 3.05) is 7.11 Å². The zero-order valence-electron chi connectivity index (χ0n) is 9.27. The number of carbonyl (C=O) groups excluding carboxylic acids is 1. The summed E-state index contributed by atoms with van der Waals surface area (Å²) in [5.74, 6) is -0.506. The van der Waals surface area contributed by atoms with Crippen LogP contribution in [-0.4, -0.2) is 18.0 Å². The minimum atomic E-state index is -0.509. The molecule has 0 aromatic heterocycles. The first kappa shape index (κ1) is 13.2. The Balaban J connectivity index is 3.10. The van der Waals surface area contributed by atoms with Crippen molar-refractivity contribution in [3.63, 3.8) is 0 Å². The molecule has 0 N–H and O–H groups in total. The number of hydrogen-bond acceptors (Lipinski definition) is 4. The number of esters is 1. The molecule has 90 valence electrons. The highest BCUT2D eigenvalue weighted by Gasteiger charge is 2.09. The van der Waals surface area contributed by atoms with Crippen molar-refractivity contribution < 1.29 is 14.5 Å². The van der Waals surface area contributed by atoms with E-state index in [-0.39, 0.29) is 10.7 Å². The Bertz CT molecular complexity index is 496. The molecule has 0 spiro atoms. The van der Waals surface area contributed by atoms with E-state index in [0.29, 0.717) is 11.1 Å². The number of methoxy groups -OCH3 is 1. The van der Waals surface area contributed by atoms with Gasteiger partial charge in [0.25, 0.3) is 0 Å². The standard InChI is InChI=1S/C11H10ClNO4/c1-7(13(15)16)5-8-3-4-9(6-10(8)12)11(14)17-2/h3-6H,1-2H3/b7-5+. The van der Waals surface area contributed by atoms with Crippen LogP contribution in [0.15, 0.2) is 23.9 Å². The highest BCUT2D eigenvalue weighted by Crippen LogP contribution is 2.21. The fraction of sp³-hybridized carbons (Fsp3) is 0.182. The summed E-state index contributed by atoms with van der Waals surface area (Å²) in [5.41, 5.74) is 0.750. The molecule has 0 saturated heterocycles. The topological polar surface area (TPSA) is 69.4 Å². The Morgan fingerprint density at radius 2 is 2.18 bits per heavy atom. The van der Waals surface area contributed by atoms with Gasteiger partial charge in [-0.15, -0.1) is 0 Å². The van der Waals surface area contributed by atoms with Gasteiger partial charge in [0.2, 0.25) is 5.70 Å². The van der Waals surface area contributed by atoms with E-state index in [1.165, 1.54) is 38.3 Å². The molecule has 0 fully saturated rings. The van der Waals surface area contributed by atoms with Crippen molar-refractivity contribution in [2.45, 2.75) is 6.92 Å². The second kappa shape index (κ2) is 5.45. The van der Waals surface area contributed by atoms with Crippen LogP contribution in [0, 0.1) is 10.1 Å². The number of nitrogens with zero attached hydrogens (tertiary/aromatic N) is 1.